The molecule has 6 heteroatoms. The maximum Gasteiger partial charge on any atom is 0.136 e. The second-order valence-electron chi connectivity index (χ2n) is 5.52. The van der Waals surface area contributed by atoms with Crippen molar-refractivity contribution in [2.24, 2.45) is 0 Å². The molecule has 1 N–H and O–H groups in total. The minimum absolute atomic E-state index is 0.0168. The smallest absolute Gasteiger partial charge is 0.136 e. The largest absolute Gasteiger partial charge is 0.598 e. The SMILES string of the molecule is C[C@H](N[S+]([O-])C(C)(C)C)c1cnc(-c2ccncc2)s1. The standard InChI is InChI=1S/C14H19N3OS2/c1-10(17-20(18)14(2,3)4)12-9-16-13(19-12)11-5-7-15-8-6-11/h5-10,17H,1-4H3/t10-,20?/m0/s1. The maximum absolute atomic E-state index is 12.1. The summed E-state index contributed by atoms with van der Waals surface area (Å²) in [5, 5.41) is 0.956. The van der Waals surface area contributed by atoms with Gasteiger partial charge < -0.3 is 4.55 Å². The molecule has 0 aromatic carbocycles. The molecule has 0 fully saturated rings. The molecule has 2 rings (SSSR count). The van der Waals surface area contributed by atoms with E-state index < -0.39 is 11.4 Å². The average molecular weight is 309 g/mol. The topological polar surface area (TPSA) is 60.9 Å². The summed E-state index contributed by atoms with van der Waals surface area (Å²) in [5.74, 6) is 0. The number of hydrogen-bond acceptors (Lipinski definition) is 5. The molecule has 0 saturated heterocycles. The molecule has 2 aromatic rings. The summed E-state index contributed by atoms with van der Waals surface area (Å²) >= 11 is 0.527. The number of hydrogen-bond donors (Lipinski definition) is 1. The summed E-state index contributed by atoms with van der Waals surface area (Å²) in [6.07, 6.45) is 5.36. The van der Waals surface area contributed by atoms with Crippen LogP contribution in [0, 0.1) is 0 Å². The third kappa shape index (κ3) is 3.79. The summed E-state index contributed by atoms with van der Waals surface area (Å²) in [5.41, 5.74) is 1.06. The van der Waals surface area contributed by atoms with Crippen molar-refractivity contribution in [3.63, 3.8) is 0 Å². The fourth-order valence-corrected chi connectivity index (χ4v) is 3.31. The van der Waals surface area contributed by atoms with Gasteiger partial charge in [-0.25, -0.2) is 4.98 Å². The third-order valence-corrected chi connectivity index (χ3v) is 5.63. The van der Waals surface area contributed by atoms with Crippen molar-refractivity contribution in [2.45, 2.75) is 38.5 Å². The van der Waals surface area contributed by atoms with E-state index in [1.807, 2.05) is 46.0 Å². The van der Waals surface area contributed by atoms with E-state index in [0.717, 1.165) is 15.4 Å². The Balaban J connectivity index is 2.09. The second-order valence-corrected chi connectivity index (χ2v) is 8.58. The van der Waals surface area contributed by atoms with Gasteiger partial charge >= 0.3 is 0 Å². The van der Waals surface area contributed by atoms with E-state index in [0.29, 0.717) is 0 Å². The zero-order chi connectivity index (χ0) is 14.8. The second kappa shape index (κ2) is 6.22. The van der Waals surface area contributed by atoms with Crippen LogP contribution in [-0.2, 0) is 11.4 Å². The van der Waals surface area contributed by atoms with Gasteiger partial charge in [-0.15, -0.1) is 16.1 Å². The Morgan fingerprint density at radius 3 is 2.55 bits per heavy atom. The highest BCUT2D eigenvalue weighted by Crippen LogP contribution is 2.29. The fraction of sp³-hybridized carbons (Fsp3) is 0.429. The van der Waals surface area contributed by atoms with Crippen LogP contribution in [0.2, 0.25) is 0 Å². The Labute approximate surface area is 127 Å². The van der Waals surface area contributed by atoms with Crippen molar-refractivity contribution in [3.8, 4) is 10.6 Å². The van der Waals surface area contributed by atoms with Gasteiger partial charge in [-0.2, -0.15) is 0 Å². The summed E-state index contributed by atoms with van der Waals surface area (Å²) in [6.45, 7) is 7.88. The summed E-state index contributed by atoms with van der Waals surface area (Å²) in [4.78, 5) is 9.51. The van der Waals surface area contributed by atoms with Crippen molar-refractivity contribution >= 4 is 22.7 Å². The number of nitrogens with one attached hydrogen (secondary N) is 1. The lowest BCUT2D eigenvalue weighted by Gasteiger charge is -2.25. The van der Waals surface area contributed by atoms with Gasteiger partial charge in [0.2, 0.25) is 0 Å². The molecular formula is C14H19N3OS2. The van der Waals surface area contributed by atoms with Crippen molar-refractivity contribution < 1.29 is 4.55 Å². The van der Waals surface area contributed by atoms with Gasteiger partial charge in [-0.1, -0.05) is 0 Å². The van der Waals surface area contributed by atoms with E-state index in [2.05, 4.69) is 14.7 Å². The highest BCUT2D eigenvalue weighted by atomic mass is 32.2. The monoisotopic (exact) mass is 309 g/mol. The summed E-state index contributed by atoms with van der Waals surface area (Å²) in [6, 6.07) is 3.89. The first-order chi connectivity index (χ1) is 9.38. The zero-order valence-electron chi connectivity index (χ0n) is 12.1. The Morgan fingerprint density at radius 2 is 1.95 bits per heavy atom. The lowest BCUT2D eigenvalue weighted by molar-refractivity contribution is 0.532. The van der Waals surface area contributed by atoms with Crippen molar-refractivity contribution in [3.05, 3.63) is 35.6 Å². The molecule has 1 unspecified atom stereocenters. The van der Waals surface area contributed by atoms with Crippen molar-refractivity contribution in [1.82, 2.24) is 14.7 Å². The highest BCUT2D eigenvalue weighted by molar-refractivity contribution is 7.90. The van der Waals surface area contributed by atoms with Gasteiger partial charge in [-0.3, -0.25) is 4.98 Å². The van der Waals surface area contributed by atoms with E-state index in [1.54, 1.807) is 23.7 Å². The molecule has 2 heterocycles. The molecule has 0 aliphatic carbocycles. The lowest BCUT2D eigenvalue weighted by Crippen LogP contribution is -2.40. The van der Waals surface area contributed by atoms with Crippen LogP contribution >= 0.6 is 11.3 Å². The molecule has 0 spiro atoms. The van der Waals surface area contributed by atoms with Gasteiger partial charge in [0, 0.05) is 40.4 Å². The highest BCUT2D eigenvalue weighted by Gasteiger charge is 2.28. The molecule has 0 aliphatic rings. The first kappa shape index (κ1) is 15.4. The van der Waals surface area contributed by atoms with Gasteiger partial charge in [-0.05, 0) is 39.8 Å². The average Bonchev–Trinajstić information content (AvgIpc) is 2.88. The van der Waals surface area contributed by atoms with Crippen LogP contribution in [0.1, 0.15) is 38.6 Å². The van der Waals surface area contributed by atoms with Gasteiger partial charge in [0.25, 0.3) is 0 Å². The Bertz CT molecular complexity index is 551. The predicted octanol–water partition coefficient (Wildman–Crippen LogP) is 3.32. The zero-order valence-corrected chi connectivity index (χ0v) is 13.7. The van der Waals surface area contributed by atoms with Crippen molar-refractivity contribution in [2.75, 3.05) is 0 Å². The first-order valence-corrected chi connectivity index (χ1v) is 8.39. The van der Waals surface area contributed by atoms with E-state index in [9.17, 15) is 4.55 Å². The number of aromatic nitrogens is 2. The summed E-state index contributed by atoms with van der Waals surface area (Å²) < 4.78 is 15.0. The van der Waals surface area contributed by atoms with Gasteiger partial charge in [0.05, 0.1) is 6.04 Å². The van der Waals surface area contributed by atoms with Crippen LogP contribution in [0.15, 0.2) is 30.7 Å². The van der Waals surface area contributed by atoms with E-state index in [1.165, 1.54) is 0 Å². The molecular weight excluding hydrogens is 290 g/mol. The molecule has 0 aliphatic heterocycles. The molecule has 0 saturated carbocycles. The van der Waals surface area contributed by atoms with Gasteiger partial charge in [0.15, 0.2) is 0 Å². The molecule has 4 nitrogen and oxygen atoms in total. The van der Waals surface area contributed by atoms with Crippen LogP contribution < -0.4 is 4.72 Å². The van der Waals surface area contributed by atoms with E-state index in [-0.39, 0.29) is 10.8 Å². The Hall–Kier alpha value is -0.950. The lowest BCUT2D eigenvalue weighted by atomic mass is 10.3. The Kier molecular flexibility index (Phi) is 4.80. The van der Waals surface area contributed by atoms with Crippen LogP contribution in [0.5, 0.6) is 0 Å². The minimum Gasteiger partial charge on any atom is -0.598 e. The van der Waals surface area contributed by atoms with Crippen LogP contribution in [0.25, 0.3) is 10.6 Å². The number of pyridine rings is 1. The molecule has 20 heavy (non-hydrogen) atoms. The fourth-order valence-electron chi connectivity index (χ4n) is 1.51. The molecule has 0 amide bonds. The number of rotatable bonds is 4. The minimum atomic E-state index is -1.08. The molecule has 2 atom stereocenters. The maximum atomic E-state index is 12.1. The first-order valence-electron chi connectivity index (χ1n) is 6.42. The number of nitrogens with zero attached hydrogens (tertiary/aromatic N) is 2. The van der Waals surface area contributed by atoms with Crippen LogP contribution in [0.4, 0.5) is 0 Å². The molecule has 0 bridgehead atoms. The Morgan fingerprint density at radius 1 is 1.30 bits per heavy atom. The summed E-state index contributed by atoms with van der Waals surface area (Å²) in [7, 11) is 0. The van der Waals surface area contributed by atoms with Gasteiger partial charge in [0.1, 0.15) is 9.75 Å². The molecule has 108 valence electrons. The normalized spacial score (nSPS) is 15.1. The van der Waals surface area contributed by atoms with Crippen LogP contribution in [-0.4, -0.2) is 19.3 Å². The quantitative estimate of drug-likeness (QED) is 0.880. The molecule has 0 radical (unpaired) electrons. The number of thiazole rings is 1. The van der Waals surface area contributed by atoms with Crippen LogP contribution in [0.3, 0.4) is 0 Å². The van der Waals surface area contributed by atoms with E-state index >= 15 is 0 Å². The predicted molar refractivity (Wildman–Crippen MR) is 84.8 cm³/mol. The van der Waals surface area contributed by atoms with E-state index in [4.69, 9.17) is 0 Å². The molecule has 2 aromatic heterocycles. The van der Waals surface area contributed by atoms with Crippen molar-refractivity contribution in [1.29, 1.82) is 0 Å². The third-order valence-electron chi connectivity index (χ3n) is 2.72.